The Labute approximate surface area is 84.4 Å². The second kappa shape index (κ2) is 5.11. The first-order valence-electron chi connectivity index (χ1n) is 3.92. The van der Waals surface area contributed by atoms with E-state index in [0.717, 1.165) is 0 Å². The molecule has 12 heavy (non-hydrogen) atoms. The maximum Gasteiger partial charge on any atom is 0.107 e. The van der Waals surface area contributed by atoms with Gasteiger partial charge in [0.2, 0.25) is 0 Å². The molecule has 0 aliphatic rings. The number of hydrogen-bond acceptors (Lipinski definition) is 0. The summed E-state index contributed by atoms with van der Waals surface area (Å²) < 4.78 is 0. The van der Waals surface area contributed by atoms with E-state index in [-0.39, 0.29) is 5.92 Å². The van der Waals surface area contributed by atoms with Crippen LogP contribution in [0.5, 0.6) is 0 Å². The fourth-order valence-electron chi connectivity index (χ4n) is 0.946. The molecule has 1 nitrogen and oxygen atoms in total. The lowest BCUT2D eigenvalue weighted by molar-refractivity contribution is -0.0211. The van der Waals surface area contributed by atoms with E-state index in [0.29, 0.717) is 11.8 Å². The Hall–Kier alpha value is 0.280. The zero-order valence-electron chi connectivity index (χ0n) is 7.52. The second-order valence-electron chi connectivity index (χ2n) is 3.44. The van der Waals surface area contributed by atoms with Gasteiger partial charge in [-0.1, -0.05) is 19.9 Å². The summed E-state index contributed by atoms with van der Waals surface area (Å²) in [5, 5.41) is 11.7. The van der Waals surface area contributed by atoms with Crippen LogP contribution in [-0.2, 0) is 5.11 Å². The van der Waals surface area contributed by atoms with Crippen molar-refractivity contribution in [1.29, 1.82) is 0 Å². The molecule has 0 spiro atoms. The van der Waals surface area contributed by atoms with Crippen molar-refractivity contribution in [3.63, 3.8) is 0 Å². The third-order valence-electron chi connectivity index (χ3n) is 2.15. The Kier molecular flexibility index (Phi) is 5.22. The van der Waals surface area contributed by atoms with Crippen molar-refractivity contribution in [2.24, 2.45) is 11.3 Å². The summed E-state index contributed by atoms with van der Waals surface area (Å²) in [5.41, 5.74) is -0.531. The molecule has 0 saturated carbocycles. The molecule has 0 fully saturated rings. The number of halogens is 2. The molecule has 0 N–H and O–H groups in total. The van der Waals surface area contributed by atoms with Crippen LogP contribution in [0.25, 0.3) is 0 Å². The minimum Gasteiger partial charge on any atom is -0.232 e. The first-order chi connectivity index (χ1) is 5.51. The molecule has 0 rings (SSSR count). The van der Waals surface area contributed by atoms with Gasteiger partial charge in [0.05, 0.1) is 0 Å². The highest BCUT2D eigenvalue weighted by Crippen LogP contribution is 2.30. The van der Waals surface area contributed by atoms with Crippen LogP contribution in [0.3, 0.4) is 0 Å². The van der Waals surface area contributed by atoms with Gasteiger partial charge in [0.1, 0.15) is 6.10 Å². The van der Waals surface area contributed by atoms with Crippen LogP contribution in [0.1, 0.15) is 13.8 Å². The average Bonchev–Trinajstić information content (AvgIpc) is 2.14. The molecule has 1 radical (unpaired) electrons. The van der Waals surface area contributed by atoms with E-state index in [1.165, 1.54) is 0 Å². The van der Waals surface area contributed by atoms with E-state index < -0.39 is 11.5 Å². The second-order valence-corrected chi connectivity index (χ2v) is 3.97. The minimum atomic E-state index is -0.773. The Morgan fingerprint density at radius 2 is 1.92 bits per heavy atom. The van der Waals surface area contributed by atoms with Crippen molar-refractivity contribution in [1.82, 2.24) is 0 Å². The van der Waals surface area contributed by atoms with Crippen molar-refractivity contribution in [2.75, 3.05) is 11.8 Å². The highest BCUT2D eigenvalue weighted by atomic mass is 35.5. The first kappa shape index (κ1) is 12.3. The number of rotatable bonds is 5. The molecule has 0 amide bonds. The van der Waals surface area contributed by atoms with Crippen molar-refractivity contribution in [2.45, 2.75) is 20.0 Å². The van der Waals surface area contributed by atoms with Crippen molar-refractivity contribution < 1.29 is 5.11 Å². The van der Waals surface area contributed by atoms with Crippen LogP contribution in [0.2, 0.25) is 0 Å². The Bertz CT molecular complexity index is 143. The number of alkyl halides is 2. The number of hydrogen-bond donors (Lipinski definition) is 0. The summed E-state index contributed by atoms with van der Waals surface area (Å²) >= 11 is 11.4. The van der Waals surface area contributed by atoms with E-state index in [1.54, 1.807) is 6.08 Å². The molecule has 0 aliphatic carbocycles. The van der Waals surface area contributed by atoms with E-state index >= 15 is 0 Å². The maximum absolute atomic E-state index is 11.7. The van der Waals surface area contributed by atoms with Crippen LogP contribution >= 0.6 is 23.2 Å². The van der Waals surface area contributed by atoms with Crippen molar-refractivity contribution in [3.8, 4) is 0 Å². The lowest BCUT2D eigenvalue weighted by Gasteiger charge is -2.31. The molecule has 2 unspecified atom stereocenters. The summed E-state index contributed by atoms with van der Waals surface area (Å²) in [5.74, 6) is 0.499. The van der Waals surface area contributed by atoms with Gasteiger partial charge < -0.3 is 0 Å². The molecule has 3 heteroatoms. The van der Waals surface area contributed by atoms with E-state index in [1.807, 2.05) is 13.8 Å². The van der Waals surface area contributed by atoms with Gasteiger partial charge in [-0.05, 0) is 0 Å². The van der Waals surface area contributed by atoms with Crippen LogP contribution in [0.15, 0.2) is 12.7 Å². The molecule has 0 aromatic rings. The summed E-state index contributed by atoms with van der Waals surface area (Å²) in [4.78, 5) is 0. The van der Waals surface area contributed by atoms with Crippen LogP contribution in [0, 0.1) is 11.3 Å². The molecule has 0 aromatic heterocycles. The van der Waals surface area contributed by atoms with E-state index in [2.05, 4.69) is 6.58 Å². The van der Waals surface area contributed by atoms with E-state index in [4.69, 9.17) is 23.2 Å². The molecule has 2 atom stereocenters. The Morgan fingerprint density at radius 3 is 2.17 bits per heavy atom. The van der Waals surface area contributed by atoms with Gasteiger partial charge in [-0.3, -0.25) is 0 Å². The van der Waals surface area contributed by atoms with Gasteiger partial charge in [0.25, 0.3) is 0 Å². The van der Waals surface area contributed by atoms with Gasteiger partial charge >= 0.3 is 0 Å². The third-order valence-corrected chi connectivity index (χ3v) is 3.37. The Balaban J connectivity index is 4.39. The predicted molar refractivity (Wildman–Crippen MR) is 53.4 cm³/mol. The molecule has 0 aliphatic heterocycles. The van der Waals surface area contributed by atoms with Crippen molar-refractivity contribution >= 4 is 23.2 Å². The topological polar surface area (TPSA) is 19.9 Å². The zero-order valence-corrected chi connectivity index (χ0v) is 9.03. The van der Waals surface area contributed by atoms with Crippen LogP contribution in [-0.4, -0.2) is 17.9 Å². The molecule has 71 valence electrons. The van der Waals surface area contributed by atoms with Gasteiger partial charge in [-0.2, -0.15) is 0 Å². The normalized spacial score (nSPS) is 17.1. The first-order valence-corrected chi connectivity index (χ1v) is 4.99. The molecular weight excluding hydrogens is 195 g/mol. The summed E-state index contributed by atoms with van der Waals surface area (Å²) in [6.45, 7) is 7.22. The lowest BCUT2D eigenvalue weighted by atomic mass is 9.82. The SMILES string of the molecule is C=CC(C)C([O])C(C)(CCl)CCl. The molecule has 0 bridgehead atoms. The van der Waals surface area contributed by atoms with Crippen LogP contribution < -0.4 is 0 Å². The van der Waals surface area contributed by atoms with Crippen molar-refractivity contribution in [3.05, 3.63) is 12.7 Å². The fourth-order valence-corrected chi connectivity index (χ4v) is 1.54. The standard InChI is InChI=1S/C9H15Cl2O/c1-4-7(2)8(12)9(3,5-10)6-11/h4,7-8H,1,5-6H2,2-3H3. The summed E-state index contributed by atoms with van der Waals surface area (Å²) in [6.07, 6.45) is 0.875. The molecule has 0 saturated heterocycles. The third kappa shape index (κ3) is 2.65. The highest BCUT2D eigenvalue weighted by Gasteiger charge is 2.35. The fraction of sp³-hybridized carbons (Fsp3) is 0.778. The minimum absolute atomic E-state index is 0.0903. The predicted octanol–water partition coefficient (Wildman–Crippen LogP) is 3.09. The van der Waals surface area contributed by atoms with Gasteiger partial charge in [0, 0.05) is 23.1 Å². The monoisotopic (exact) mass is 209 g/mol. The largest absolute Gasteiger partial charge is 0.232 e. The van der Waals surface area contributed by atoms with Gasteiger partial charge in [-0.25, -0.2) is 5.11 Å². The van der Waals surface area contributed by atoms with E-state index in [9.17, 15) is 5.11 Å². The molecule has 0 aromatic carbocycles. The maximum atomic E-state index is 11.7. The quantitative estimate of drug-likeness (QED) is 0.490. The summed E-state index contributed by atoms with van der Waals surface area (Å²) in [7, 11) is 0. The van der Waals surface area contributed by atoms with Crippen LogP contribution in [0.4, 0.5) is 0 Å². The van der Waals surface area contributed by atoms with Gasteiger partial charge in [-0.15, -0.1) is 29.8 Å². The average molecular weight is 210 g/mol. The van der Waals surface area contributed by atoms with Gasteiger partial charge in [0.15, 0.2) is 0 Å². The Morgan fingerprint density at radius 1 is 1.50 bits per heavy atom. The smallest absolute Gasteiger partial charge is 0.107 e. The summed E-state index contributed by atoms with van der Waals surface area (Å²) in [6, 6.07) is 0. The lowest BCUT2D eigenvalue weighted by Crippen LogP contribution is -2.38. The highest BCUT2D eigenvalue weighted by molar-refractivity contribution is 6.21. The molecule has 0 heterocycles. The zero-order chi connectivity index (χ0) is 9.78. The molecular formula is C9H15Cl2O.